The Balaban J connectivity index is 0.000000216. The van der Waals surface area contributed by atoms with Crippen LogP contribution >= 0.6 is 0 Å². The molecule has 0 atom stereocenters. The number of rotatable bonds is 3. The van der Waals surface area contributed by atoms with Crippen molar-refractivity contribution < 1.29 is 4.79 Å². The van der Waals surface area contributed by atoms with Crippen molar-refractivity contribution in [3.63, 3.8) is 0 Å². The van der Waals surface area contributed by atoms with Crippen LogP contribution in [0.4, 0.5) is 5.82 Å². The van der Waals surface area contributed by atoms with Crippen molar-refractivity contribution in [2.75, 3.05) is 5.73 Å². The van der Waals surface area contributed by atoms with Gasteiger partial charge in [0, 0.05) is 46.8 Å². The molecule has 2 aromatic carbocycles. The Bertz CT molecular complexity index is 2000. The van der Waals surface area contributed by atoms with E-state index in [1.165, 1.54) is 4.52 Å². The van der Waals surface area contributed by atoms with E-state index in [-0.39, 0.29) is 16.9 Å². The number of nitrogen functional groups attached to an aromatic ring is 1. The van der Waals surface area contributed by atoms with E-state index in [9.17, 15) is 9.59 Å². The van der Waals surface area contributed by atoms with Gasteiger partial charge in [0.15, 0.2) is 11.5 Å². The standard InChI is InChI=1S/C25H20N2O.C7H7N5O/c1-3-22-16-21-9-7-8-20(15-14-19-13-12-18(2)26-17-19)24(21)25(28)27(22)23-10-5-4-6-11-23;8-5-4(6(9)13)7-10-2-1-3-12(7)11-5/h4-13,16-17H,3H2,1-2H3;1-3H,(H2,8,11)(H2,9,13). The maximum Gasteiger partial charge on any atom is 0.264 e. The van der Waals surface area contributed by atoms with Crippen LogP contribution in [-0.2, 0) is 6.42 Å². The van der Waals surface area contributed by atoms with Crippen molar-refractivity contribution in [3.05, 3.63) is 130 Å². The first-order valence-corrected chi connectivity index (χ1v) is 12.9. The molecule has 0 aliphatic heterocycles. The lowest BCUT2D eigenvalue weighted by atomic mass is 10.0. The van der Waals surface area contributed by atoms with E-state index in [2.05, 4.69) is 39.9 Å². The van der Waals surface area contributed by atoms with Crippen LogP contribution < -0.4 is 17.0 Å². The van der Waals surface area contributed by atoms with Gasteiger partial charge in [-0.1, -0.05) is 49.1 Å². The first kappa shape index (κ1) is 26.8. The van der Waals surface area contributed by atoms with Crippen LogP contribution in [0.2, 0.25) is 0 Å². The Labute approximate surface area is 236 Å². The fourth-order valence-electron chi connectivity index (χ4n) is 4.46. The number of carbonyl (C=O) groups is 1. The Morgan fingerprint density at radius 1 is 0.976 bits per heavy atom. The summed E-state index contributed by atoms with van der Waals surface area (Å²) in [7, 11) is 0. The number of aromatic nitrogens is 5. The summed E-state index contributed by atoms with van der Waals surface area (Å²) < 4.78 is 3.20. The summed E-state index contributed by atoms with van der Waals surface area (Å²) >= 11 is 0. The number of fused-ring (bicyclic) bond motifs is 2. The highest BCUT2D eigenvalue weighted by Gasteiger charge is 2.15. The van der Waals surface area contributed by atoms with Crippen molar-refractivity contribution in [1.82, 2.24) is 24.1 Å². The number of anilines is 1. The number of hydrogen-bond acceptors (Lipinski definition) is 6. The molecule has 0 fully saturated rings. The SMILES string of the molecule is CCc1cc2cccc(C#Cc3ccc(C)nc3)c2c(=O)n1-c1ccccc1.NC(=O)c1c(N)nn2cccnc12. The molecule has 6 rings (SSSR count). The number of carbonyl (C=O) groups excluding carboxylic acids is 1. The molecule has 0 saturated heterocycles. The van der Waals surface area contributed by atoms with Gasteiger partial charge in [-0.15, -0.1) is 5.10 Å². The first-order valence-electron chi connectivity index (χ1n) is 12.9. The Hall–Kier alpha value is -5.75. The van der Waals surface area contributed by atoms with Gasteiger partial charge in [-0.2, -0.15) is 0 Å². The quantitative estimate of drug-likeness (QED) is 0.325. The molecule has 0 saturated carbocycles. The molecule has 202 valence electrons. The van der Waals surface area contributed by atoms with Gasteiger partial charge in [0.2, 0.25) is 0 Å². The number of pyridine rings is 2. The van der Waals surface area contributed by atoms with Crippen molar-refractivity contribution in [2.24, 2.45) is 5.73 Å². The van der Waals surface area contributed by atoms with Crippen LogP contribution in [0.15, 0.2) is 96.2 Å². The minimum atomic E-state index is -0.619. The third-order valence-corrected chi connectivity index (χ3v) is 6.42. The van der Waals surface area contributed by atoms with E-state index < -0.39 is 5.91 Å². The monoisotopic (exact) mass is 541 g/mol. The smallest absolute Gasteiger partial charge is 0.264 e. The number of para-hydroxylation sites is 1. The number of nitrogens with two attached hydrogens (primary N) is 2. The molecule has 4 aromatic heterocycles. The predicted octanol–water partition coefficient (Wildman–Crippen LogP) is 4.07. The lowest BCUT2D eigenvalue weighted by molar-refractivity contribution is 0.100. The number of hydrogen-bond donors (Lipinski definition) is 2. The highest BCUT2D eigenvalue weighted by molar-refractivity contribution is 6.03. The average molecular weight is 542 g/mol. The second kappa shape index (κ2) is 11.6. The molecule has 1 amide bonds. The van der Waals surface area contributed by atoms with Crippen molar-refractivity contribution in [2.45, 2.75) is 20.3 Å². The molecule has 9 nitrogen and oxygen atoms in total. The van der Waals surface area contributed by atoms with Crippen molar-refractivity contribution in [1.29, 1.82) is 0 Å². The van der Waals surface area contributed by atoms with Crippen LogP contribution in [0, 0.1) is 18.8 Å². The molecule has 0 unspecified atom stereocenters. The summed E-state index contributed by atoms with van der Waals surface area (Å²) in [5.74, 6) is 5.80. The number of primary amides is 1. The molecule has 0 radical (unpaired) electrons. The fourth-order valence-corrected chi connectivity index (χ4v) is 4.46. The van der Waals surface area contributed by atoms with Crippen LogP contribution in [0.1, 0.15) is 39.8 Å². The lowest BCUT2D eigenvalue weighted by Gasteiger charge is -2.14. The van der Waals surface area contributed by atoms with Crippen molar-refractivity contribution >= 4 is 28.1 Å². The molecule has 0 aliphatic carbocycles. The molecule has 41 heavy (non-hydrogen) atoms. The number of benzene rings is 2. The van der Waals surface area contributed by atoms with E-state index in [0.717, 1.165) is 40.0 Å². The summed E-state index contributed by atoms with van der Waals surface area (Å²) in [6.07, 6.45) is 5.71. The fraction of sp³-hybridized carbons (Fsp3) is 0.0938. The zero-order chi connectivity index (χ0) is 28.9. The van der Waals surface area contributed by atoms with E-state index in [0.29, 0.717) is 11.0 Å². The van der Waals surface area contributed by atoms with Crippen LogP contribution in [0.5, 0.6) is 0 Å². The molecule has 4 N–H and O–H groups in total. The molecule has 0 spiro atoms. The van der Waals surface area contributed by atoms with Gasteiger partial charge in [-0.3, -0.25) is 19.1 Å². The van der Waals surface area contributed by atoms with Gasteiger partial charge in [0.05, 0.1) is 5.39 Å². The largest absolute Gasteiger partial charge is 0.381 e. The average Bonchev–Trinajstić information content (AvgIpc) is 3.33. The zero-order valence-corrected chi connectivity index (χ0v) is 22.6. The molecular weight excluding hydrogens is 514 g/mol. The third-order valence-electron chi connectivity index (χ3n) is 6.42. The Kier molecular flexibility index (Phi) is 7.56. The molecule has 9 heteroatoms. The highest BCUT2D eigenvalue weighted by Crippen LogP contribution is 2.20. The van der Waals surface area contributed by atoms with Crippen LogP contribution in [-0.4, -0.2) is 30.1 Å². The van der Waals surface area contributed by atoms with E-state index in [1.807, 2.05) is 67.6 Å². The summed E-state index contributed by atoms with van der Waals surface area (Å²) in [6.45, 7) is 4.01. The number of nitrogens with zero attached hydrogens (tertiary/aromatic N) is 5. The van der Waals surface area contributed by atoms with Gasteiger partial charge in [0.1, 0.15) is 5.56 Å². The van der Waals surface area contributed by atoms with E-state index in [1.54, 1.807) is 29.2 Å². The number of aryl methyl sites for hydroxylation is 2. The molecule has 4 heterocycles. The molecule has 0 aliphatic rings. The third kappa shape index (κ3) is 5.53. The summed E-state index contributed by atoms with van der Waals surface area (Å²) in [4.78, 5) is 32.6. The first-order chi connectivity index (χ1) is 19.9. The second-order valence-corrected chi connectivity index (χ2v) is 9.19. The minimum Gasteiger partial charge on any atom is -0.381 e. The normalized spacial score (nSPS) is 10.5. The number of amides is 1. The van der Waals surface area contributed by atoms with E-state index >= 15 is 0 Å². The van der Waals surface area contributed by atoms with Gasteiger partial charge in [-0.25, -0.2) is 9.50 Å². The van der Waals surface area contributed by atoms with E-state index in [4.69, 9.17) is 11.5 Å². The van der Waals surface area contributed by atoms with Crippen LogP contribution in [0.3, 0.4) is 0 Å². The summed E-state index contributed by atoms with van der Waals surface area (Å²) in [6, 6.07) is 23.2. The maximum absolute atomic E-state index is 13.5. The zero-order valence-electron chi connectivity index (χ0n) is 22.6. The lowest BCUT2D eigenvalue weighted by Crippen LogP contribution is -2.22. The van der Waals surface area contributed by atoms with Gasteiger partial charge >= 0.3 is 0 Å². The minimum absolute atomic E-state index is 0.0347. The van der Waals surface area contributed by atoms with Gasteiger partial charge < -0.3 is 11.5 Å². The highest BCUT2D eigenvalue weighted by atomic mass is 16.1. The predicted molar refractivity (Wildman–Crippen MR) is 160 cm³/mol. The Morgan fingerprint density at radius 2 is 1.78 bits per heavy atom. The topological polar surface area (TPSA) is 134 Å². The molecule has 0 bridgehead atoms. The Morgan fingerprint density at radius 3 is 2.49 bits per heavy atom. The molecular formula is C32H27N7O2. The van der Waals surface area contributed by atoms with Crippen LogP contribution in [0.25, 0.3) is 22.1 Å². The van der Waals surface area contributed by atoms with Gasteiger partial charge in [0.25, 0.3) is 11.5 Å². The summed E-state index contributed by atoms with van der Waals surface area (Å²) in [5, 5.41) is 5.43. The van der Waals surface area contributed by atoms with Crippen molar-refractivity contribution in [3.8, 4) is 17.5 Å². The summed E-state index contributed by atoms with van der Waals surface area (Å²) in [5.41, 5.74) is 15.5. The van der Waals surface area contributed by atoms with Gasteiger partial charge in [-0.05, 0) is 61.2 Å². The molecule has 6 aromatic rings. The second-order valence-electron chi connectivity index (χ2n) is 9.19. The maximum atomic E-state index is 13.5.